The number of carbonyl (C=O) groups excluding carboxylic acids is 1. The number of aromatic hydroxyl groups is 2. The molecular formula is C13H17NO3. The lowest BCUT2D eigenvalue weighted by Crippen LogP contribution is -2.33. The van der Waals surface area contributed by atoms with Crippen LogP contribution in [0.5, 0.6) is 11.5 Å². The average molecular weight is 235 g/mol. The zero-order valence-corrected chi connectivity index (χ0v) is 9.89. The Bertz CT molecular complexity index is 427. The van der Waals surface area contributed by atoms with Crippen molar-refractivity contribution in [2.24, 2.45) is 0 Å². The molecule has 4 heteroatoms. The predicted molar refractivity (Wildman–Crippen MR) is 64.1 cm³/mol. The summed E-state index contributed by atoms with van der Waals surface area (Å²) in [4.78, 5) is 14.1. The highest BCUT2D eigenvalue weighted by Crippen LogP contribution is 2.30. The summed E-state index contributed by atoms with van der Waals surface area (Å²) in [6.45, 7) is 2.78. The van der Waals surface area contributed by atoms with Crippen molar-refractivity contribution in [3.05, 3.63) is 23.8 Å². The zero-order valence-electron chi connectivity index (χ0n) is 9.89. The average Bonchev–Trinajstić information content (AvgIpc) is 3.13. The molecule has 0 aliphatic heterocycles. The maximum absolute atomic E-state index is 12.2. The van der Waals surface area contributed by atoms with Crippen LogP contribution in [0.3, 0.4) is 0 Å². The number of nitrogens with zero attached hydrogens (tertiary/aromatic N) is 1. The number of hydrogen-bond donors (Lipinski definition) is 2. The molecule has 0 heterocycles. The van der Waals surface area contributed by atoms with E-state index in [1.807, 2.05) is 11.8 Å². The summed E-state index contributed by atoms with van der Waals surface area (Å²) >= 11 is 0. The molecule has 0 unspecified atom stereocenters. The van der Waals surface area contributed by atoms with E-state index in [0.29, 0.717) is 11.6 Å². The fourth-order valence-corrected chi connectivity index (χ4v) is 1.90. The molecule has 1 fully saturated rings. The summed E-state index contributed by atoms with van der Waals surface area (Å²) in [6, 6.07) is 4.57. The number of rotatable bonds is 4. The van der Waals surface area contributed by atoms with E-state index in [1.54, 1.807) is 6.07 Å². The summed E-state index contributed by atoms with van der Waals surface area (Å²) in [5.41, 5.74) is 0.431. The second-order valence-corrected chi connectivity index (χ2v) is 4.43. The standard InChI is InChI=1S/C13H17NO3/c1-2-7-14(10-4-5-10)13(17)9-3-6-11(15)12(16)8-9/h3,6,8,10,15-16H,2,4-5,7H2,1H3. The summed E-state index contributed by atoms with van der Waals surface area (Å²) in [5.74, 6) is -0.511. The van der Waals surface area contributed by atoms with Gasteiger partial charge in [0.2, 0.25) is 0 Å². The molecular weight excluding hydrogens is 218 g/mol. The number of carbonyl (C=O) groups is 1. The second-order valence-electron chi connectivity index (χ2n) is 4.43. The molecule has 0 aromatic heterocycles. The van der Waals surface area contributed by atoms with Gasteiger partial charge in [0, 0.05) is 18.2 Å². The molecule has 0 saturated heterocycles. The van der Waals surface area contributed by atoms with E-state index in [1.165, 1.54) is 12.1 Å². The molecule has 1 aromatic rings. The molecule has 1 aromatic carbocycles. The highest BCUT2D eigenvalue weighted by atomic mass is 16.3. The van der Waals surface area contributed by atoms with Crippen LogP contribution in [0.15, 0.2) is 18.2 Å². The maximum atomic E-state index is 12.2. The molecule has 0 spiro atoms. The van der Waals surface area contributed by atoms with E-state index in [0.717, 1.165) is 25.8 Å². The Labute approximate surface area is 100 Å². The van der Waals surface area contributed by atoms with Gasteiger partial charge in [-0.05, 0) is 37.5 Å². The van der Waals surface area contributed by atoms with E-state index in [-0.39, 0.29) is 17.4 Å². The van der Waals surface area contributed by atoms with Crippen molar-refractivity contribution >= 4 is 5.91 Å². The van der Waals surface area contributed by atoms with E-state index in [2.05, 4.69) is 0 Å². The third-order valence-corrected chi connectivity index (χ3v) is 2.94. The van der Waals surface area contributed by atoms with Crippen molar-refractivity contribution in [1.82, 2.24) is 4.90 Å². The minimum atomic E-state index is -0.247. The Morgan fingerprint density at radius 3 is 2.59 bits per heavy atom. The van der Waals surface area contributed by atoms with Gasteiger partial charge in [-0.3, -0.25) is 4.79 Å². The van der Waals surface area contributed by atoms with Crippen LogP contribution in [-0.4, -0.2) is 33.6 Å². The van der Waals surface area contributed by atoms with Crippen LogP contribution in [-0.2, 0) is 0 Å². The van der Waals surface area contributed by atoms with Crippen LogP contribution in [0.25, 0.3) is 0 Å². The van der Waals surface area contributed by atoms with Gasteiger partial charge in [0.25, 0.3) is 5.91 Å². The third kappa shape index (κ3) is 2.52. The largest absolute Gasteiger partial charge is 0.504 e. The predicted octanol–water partition coefficient (Wildman–Crippen LogP) is 2.11. The van der Waals surface area contributed by atoms with Crippen molar-refractivity contribution < 1.29 is 15.0 Å². The molecule has 0 bridgehead atoms. The first-order valence-electron chi connectivity index (χ1n) is 5.96. The topological polar surface area (TPSA) is 60.8 Å². The van der Waals surface area contributed by atoms with Gasteiger partial charge < -0.3 is 15.1 Å². The summed E-state index contributed by atoms with van der Waals surface area (Å²) < 4.78 is 0. The number of amides is 1. The van der Waals surface area contributed by atoms with E-state index >= 15 is 0 Å². The van der Waals surface area contributed by atoms with Crippen molar-refractivity contribution in [1.29, 1.82) is 0 Å². The van der Waals surface area contributed by atoms with E-state index in [4.69, 9.17) is 0 Å². The Kier molecular flexibility index (Phi) is 3.22. The van der Waals surface area contributed by atoms with Crippen LogP contribution in [0, 0.1) is 0 Å². The summed E-state index contributed by atoms with van der Waals surface area (Å²) in [6.07, 6.45) is 3.05. The second kappa shape index (κ2) is 4.65. The lowest BCUT2D eigenvalue weighted by atomic mass is 10.1. The first-order valence-corrected chi connectivity index (χ1v) is 5.96. The Morgan fingerprint density at radius 2 is 2.06 bits per heavy atom. The lowest BCUT2D eigenvalue weighted by molar-refractivity contribution is 0.0742. The zero-order chi connectivity index (χ0) is 12.4. The molecule has 2 rings (SSSR count). The monoisotopic (exact) mass is 235 g/mol. The molecule has 0 atom stereocenters. The van der Waals surface area contributed by atoms with Crippen LogP contribution in [0.4, 0.5) is 0 Å². The molecule has 1 aliphatic rings. The van der Waals surface area contributed by atoms with Crippen LogP contribution < -0.4 is 0 Å². The van der Waals surface area contributed by atoms with Gasteiger partial charge in [0.1, 0.15) is 0 Å². The first-order chi connectivity index (χ1) is 8.13. The molecule has 0 radical (unpaired) electrons. The van der Waals surface area contributed by atoms with E-state index < -0.39 is 0 Å². The summed E-state index contributed by atoms with van der Waals surface area (Å²) in [5, 5.41) is 18.6. The van der Waals surface area contributed by atoms with Crippen molar-refractivity contribution in [3.8, 4) is 11.5 Å². The normalized spacial score (nSPS) is 14.6. The van der Waals surface area contributed by atoms with Gasteiger partial charge in [-0.15, -0.1) is 0 Å². The maximum Gasteiger partial charge on any atom is 0.254 e. The molecule has 1 aliphatic carbocycles. The minimum absolute atomic E-state index is 0.0651. The van der Waals surface area contributed by atoms with Crippen molar-refractivity contribution in [3.63, 3.8) is 0 Å². The first kappa shape index (κ1) is 11.8. The number of phenolic OH excluding ortho intramolecular Hbond substituents is 2. The molecule has 1 amide bonds. The lowest BCUT2D eigenvalue weighted by Gasteiger charge is -2.21. The molecule has 2 N–H and O–H groups in total. The Hall–Kier alpha value is -1.71. The number of phenols is 2. The Morgan fingerprint density at radius 1 is 1.35 bits per heavy atom. The fourth-order valence-electron chi connectivity index (χ4n) is 1.90. The van der Waals surface area contributed by atoms with Gasteiger partial charge in [-0.25, -0.2) is 0 Å². The fraction of sp³-hybridized carbons (Fsp3) is 0.462. The number of hydrogen-bond acceptors (Lipinski definition) is 3. The highest BCUT2D eigenvalue weighted by Gasteiger charge is 2.32. The number of benzene rings is 1. The van der Waals surface area contributed by atoms with Crippen molar-refractivity contribution in [2.75, 3.05) is 6.54 Å². The van der Waals surface area contributed by atoms with Crippen LogP contribution in [0.1, 0.15) is 36.5 Å². The van der Waals surface area contributed by atoms with Gasteiger partial charge in [-0.1, -0.05) is 6.92 Å². The van der Waals surface area contributed by atoms with Gasteiger partial charge in [0.05, 0.1) is 0 Å². The quantitative estimate of drug-likeness (QED) is 0.786. The van der Waals surface area contributed by atoms with Crippen LogP contribution in [0.2, 0.25) is 0 Å². The van der Waals surface area contributed by atoms with Gasteiger partial charge >= 0.3 is 0 Å². The highest BCUT2D eigenvalue weighted by molar-refractivity contribution is 5.95. The van der Waals surface area contributed by atoms with E-state index in [9.17, 15) is 15.0 Å². The third-order valence-electron chi connectivity index (χ3n) is 2.94. The SMILES string of the molecule is CCCN(C(=O)c1ccc(O)c(O)c1)C1CC1. The van der Waals surface area contributed by atoms with Crippen LogP contribution >= 0.6 is 0 Å². The van der Waals surface area contributed by atoms with Crippen molar-refractivity contribution in [2.45, 2.75) is 32.2 Å². The Balaban J connectivity index is 2.19. The molecule has 1 saturated carbocycles. The smallest absolute Gasteiger partial charge is 0.254 e. The summed E-state index contributed by atoms with van der Waals surface area (Å²) in [7, 11) is 0. The molecule has 17 heavy (non-hydrogen) atoms. The molecule has 92 valence electrons. The van der Waals surface area contributed by atoms with Gasteiger partial charge in [0.15, 0.2) is 11.5 Å². The minimum Gasteiger partial charge on any atom is -0.504 e. The molecule has 4 nitrogen and oxygen atoms in total. The van der Waals surface area contributed by atoms with Gasteiger partial charge in [-0.2, -0.15) is 0 Å².